The molecule has 0 saturated carbocycles. The number of benzene rings is 1. The maximum Gasteiger partial charge on any atom is 0.249 e. The first kappa shape index (κ1) is 23.5. The Morgan fingerprint density at radius 3 is 2.36 bits per heavy atom. The number of hydrogen-bond acceptors (Lipinski definition) is 6. The van der Waals surface area contributed by atoms with Gasteiger partial charge < -0.3 is 33.7 Å². The molecule has 1 atom stereocenters. The van der Waals surface area contributed by atoms with E-state index in [1.165, 1.54) is 19.8 Å². The van der Waals surface area contributed by atoms with E-state index in [-0.39, 0.29) is 37.0 Å². The van der Waals surface area contributed by atoms with Crippen LogP contribution in [0.15, 0.2) is 18.2 Å². The van der Waals surface area contributed by atoms with Crippen molar-refractivity contribution in [2.45, 2.75) is 24.3 Å². The van der Waals surface area contributed by atoms with Gasteiger partial charge in [-0.05, 0) is 30.5 Å². The van der Waals surface area contributed by atoms with Crippen molar-refractivity contribution >= 4 is 22.7 Å². The minimum atomic E-state index is -0.468. The number of likely N-dealkylation sites (tertiary alicyclic amines) is 1. The molecule has 1 N–H and O–H groups in total. The highest BCUT2D eigenvalue weighted by atomic mass is 16.5. The van der Waals surface area contributed by atoms with Gasteiger partial charge in [0.25, 0.3) is 0 Å². The first-order valence-electron chi connectivity index (χ1n) is 11.2. The van der Waals surface area contributed by atoms with Crippen molar-refractivity contribution in [3.05, 3.63) is 29.5 Å². The van der Waals surface area contributed by atoms with Gasteiger partial charge in [0.2, 0.25) is 11.8 Å². The van der Waals surface area contributed by atoms with Crippen LogP contribution in [0, 0.1) is 0 Å². The summed E-state index contributed by atoms with van der Waals surface area (Å²) in [5.41, 5.74) is 2.77. The summed E-state index contributed by atoms with van der Waals surface area (Å²) in [4.78, 5) is 29.1. The Bertz CT molecular complexity index is 1040. The maximum atomic E-state index is 13.1. The molecule has 9 nitrogen and oxygen atoms in total. The first-order chi connectivity index (χ1) is 15.9. The zero-order valence-corrected chi connectivity index (χ0v) is 19.8. The van der Waals surface area contributed by atoms with Crippen molar-refractivity contribution in [3.8, 4) is 5.75 Å². The fourth-order valence-electron chi connectivity index (χ4n) is 5.63. The molecule has 2 amide bonds. The number of aliphatic hydroxyl groups excluding tert-OH is 1. The molecule has 0 aliphatic carbocycles. The van der Waals surface area contributed by atoms with Gasteiger partial charge in [0.15, 0.2) is 0 Å². The molecule has 4 rings (SSSR count). The number of ether oxygens (including phenoxy) is 3. The van der Waals surface area contributed by atoms with Gasteiger partial charge in [-0.1, -0.05) is 0 Å². The van der Waals surface area contributed by atoms with Crippen LogP contribution in [-0.4, -0.2) is 92.1 Å². The minimum absolute atomic E-state index is 0.0217. The van der Waals surface area contributed by atoms with E-state index in [1.807, 2.05) is 24.1 Å². The Morgan fingerprint density at radius 2 is 1.76 bits per heavy atom. The minimum Gasteiger partial charge on any atom is -0.497 e. The van der Waals surface area contributed by atoms with E-state index in [1.54, 1.807) is 12.0 Å². The largest absolute Gasteiger partial charge is 0.497 e. The number of nitrogens with zero attached hydrogens (tertiary/aromatic N) is 3. The molecule has 1 fully saturated rings. The second-order valence-corrected chi connectivity index (χ2v) is 8.95. The van der Waals surface area contributed by atoms with E-state index in [0.717, 1.165) is 35.2 Å². The summed E-state index contributed by atoms with van der Waals surface area (Å²) in [6, 6.07) is 5.54. The van der Waals surface area contributed by atoms with Crippen LogP contribution in [0.2, 0.25) is 0 Å². The van der Waals surface area contributed by atoms with E-state index in [2.05, 4.69) is 10.6 Å². The number of fused-ring (bicyclic) bond motifs is 4. The van der Waals surface area contributed by atoms with Crippen LogP contribution in [0.5, 0.6) is 5.75 Å². The normalized spacial score (nSPS) is 19.7. The molecule has 1 aromatic carbocycles. The summed E-state index contributed by atoms with van der Waals surface area (Å²) < 4.78 is 17.7. The van der Waals surface area contributed by atoms with Crippen molar-refractivity contribution in [1.82, 2.24) is 14.4 Å². The lowest BCUT2D eigenvalue weighted by Gasteiger charge is -2.50. The van der Waals surface area contributed by atoms with Gasteiger partial charge in [-0.3, -0.25) is 9.59 Å². The predicted molar refractivity (Wildman–Crippen MR) is 122 cm³/mol. The number of amides is 2. The molecule has 180 valence electrons. The molecule has 1 saturated heterocycles. The summed E-state index contributed by atoms with van der Waals surface area (Å²) in [7, 11) is 6.63. The van der Waals surface area contributed by atoms with Gasteiger partial charge in [-0.15, -0.1) is 0 Å². The van der Waals surface area contributed by atoms with Gasteiger partial charge in [-0.25, -0.2) is 0 Å². The highest BCUT2D eigenvalue weighted by Gasteiger charge is 2.49. The van der Waals surface area contributed by atoms with Gasteiger partial charge >= 0.3 is 0 Å². The quantitative estimate of drug-likeness (QED) is 0.698. The van der Waals surface area contributed by atoms with Crippen LogP contribution in [0.1, 0.15) is 30.1 Å². The molecule has 2 aliphatic heterocycles. The second kappa shape index (κ2) is 9.32. The summed E-state index contributed by atoms with van der Waals surface area (Å²) >= 11 is 0. The van der Waals surface area contributed by atoms with Crippen LogP contribution in [0.3, 0.4) is 0 Å². The topological polar surface area (TPSA) is 93.5 Å². The molecule has 33 heavy (non-hydrogen) atoms. The monoisotopic (exact) mass is 459 g/mol. The molecule has 0 radical (unpaired) electrons. The molecule has 2 aromatic rings. The van der Waals surface area contributed by atoms with Crippen LogP contribution in [0.4, 0.5) is 0 Å². The fraction of sp³-hybridized carbons (Fsp3) is 0.583. The van der Waals surface area contributed by atoms with E-state index >= 15 is 0 Å². The molecular weight excluding hydrogens is 426 g/mol. The molecule has 3 heterocycles. The lowest BCUT2D eigenvalue weighted by atomic mass is 9.68. The molecule has 2 aliphatic rings. The fourth-order valence-corrected chi connectivity index (χ4v) is 5.63. The number of aromatic nitrogens is 1. The second-order valence-electron chi connectivity index (χ2n) is 8.95. The number of aryl methyl sites for hydroxylation is 1. The van der Waals surface area contributed by atoms with Gasteiger partial charge in [-0.2, -0.15) is 0 Å². The summed E-state index contributed by atoms with van der Waals surface area (Å²) in [5, 5.41) is 11.5. The molecule has 9 heteroatoms. The Kier molecular flexibility index (Phi) is 6.65. The average molecular weight is 460 g/mol. The third-order valence-corrected chi connectivity index (χ3v) is 7.25. The number of aliphatic hydroxyl groups is 1. The van der Waals surface area contributed by atoms with E-state index in [0.29, 0.717) is 19.6 Å². The van der Waals surface area contributed by atoms with Gasteiger partial charge in [0.05, 0.1) is 25.3 Å². The summed E-state index contributed by atoms with van der Waals surface area (Å²) in [6.45, 7) is 1.49. The highest BCUT2D eigenvalue weighted by molar-refractivity contribution is 5.90. The lowest BCUT2D eigenvalue weighted by Crippen LogP contribution is -2.56. The standard InChI is InChI=1S/C24H33N3O6/c1-25-18-11-16(33-4)5-6-17(18)22-23(25)19(12-28)27(21(30)14-32-3)15-24(22)7-9-26(10-8-24)20(29)13-31-2/h5-6,11,19,28H,7-10,12-15H2,1-4H3/t19-/m1/s1. The third-order valence-electron chi connectivity index (χ3n) is 7.25. The smallest absolute Gasteiger partial charge is 0.249 e. The number of carbonyl (C=O) groups is 2. The number of piperidine rings is 1. The number of methoxy groups -OCH3 is 3. The predicted octanol–water partition coefficient (Wildman–Crippen LogP) is 1.22. The van der Waals surface area contributed by atoms with Gasteiger partial charge in [0.1, 0.15) is 19.0 Å². The van der Waals surface area contributed by atoms with E-state index in [9.17, 15) is 14.7 Å². The maximum absolute atomic E-state index is 13.1. The van der Waals surface area contributed by atoms with Crippen molar-refractivity contribution in [2.75, 3.05) is 60.8 Å². The van der Waals surface area contributed by atoms with Crippen molar-refractivity contribution in [2.24, 2.45) is 7.05 Å². The average Bonchev–Trinajstić information content (AvgIpc) is 3.12. The highest BCUT2D eigenvalue weighted by Crippen LogP contribution is 2.50. The van der Waals surface area contributed by atoms with Crippen LogP contribution in [-0.2, 0) is 31.5 Å². The van der Waals surface area contributed by atoms with Crippen LogP contribution in [0.25, 0.3) is 10.9 Å². The summed E-state index contributed by atoms with van der Waals surface area (Å²) in [6.07, 6.45) is 1.44. The zero-order valence-electron chi connectivity index (χ0n) is 19.8. The SMILES string of the molecule is COCC(=O)N1CCC2(CC1)CN(C(=O)COC)[C@H](CO)c1c2c2ccc(OC)cc2n1C. The Morgan fingerprint density at radius 1 is 1.09 bits per heavy atom. The van der Waals surface area contributed by atoms with E-state index < -0.39 is 6.04 Å². The number of carbonyl (C=O) groups excluding carboxylic acids is 2. The van der Waals surface area contributed by atoms with E-state index in [4.69, 9.17) is 14.2 Å². The zero-order chi connectivity index (χ0) is 23.8. The molecule has 0 bridgehead atoms. The lowest BCUT2D eigenvalue weighted by molar-refractivity contribution is -0.143. The Balaban J connectivity index is 1.85. The Labute approximate surface area is 193 Å². The van der Waals surface area contributed by atoms with Crippen LogP contribution >= 0.6 is 0 Å². The third kappa shape index (κ3) is 3.88. The first-order valence-corrected chi connectivity index (χ1v) is 11.2. The number of hydrogen-bond donors (Lipinski definition) is 1. The molecule has 1 aromatic heterocycles. The molecule has 0 unspecified atom stereocenters. The van der Waals surface area contributed by atoms with Crippen molar-refractivity contribution in [1.29, 1.82) is 0 Å². The molecule has 1 spiro atoms. The van der Waals surface area contributed by atoms with Crippen molar-refractivity contribution < 1.29 is 28.9 Å². The number of rotatable bonds is 6. The summed E-state index contributed by atoms with van der Waals surface area (Å²) in [5.74, 6) is 0.580. The van der Waals surface area contributed by atoms with Gasteiger partial charge in [0, 0.05) is 63.5 Å². The van der Waals surface area contributed by atoms with Crippen LogP contribution < -0.4 is 4.74 Å². The Hall–Kier alpha value is -2.62. The van der Waals surface area contributed by atoms with Crippen molar-refractivity contribution in [3.63, 3.8) is 0 Å². The molecular formula is C24H33N3O6.